The predicted octanol–water partition coefficient (Wildman–Crippen LogP) is 3.17. The van der Waals surface area contributed by atoms with E-state index in [1.54, 1.807) is 0 Å². The highest BCUT2D eigenvalue weighted by molar-refractivity contribution is 5.77. The Hall–Kier alpha value is -1.35. The zero-order valence-electron chi connectivity index (χ0n) is 13.3. The minimum absolute atomic E-state index is 0.195. The van der Waals surface area contributed by atoms with Gasteiger partial charge in [-0.3, -0.25) is 4.79 Å². The Labute approximate surface area is 128 Å². The Morgan fingerprint density at radius 3 is 2.57 bits per heavy atom. The minimum Gasteiger partial charge on any atom is -0.353 e. The molecule has 1 aliphatic rings. The van der Waals surface area contributed by atoms with Gasteiger partial charge in [0.15, 0.2) is 0 Å². The van der Waals surface area contributed by atoms with Crippen molar-refractivity contribution in [1.82, 2.24) is 10.2 Å². The average molecular weight is 288 g/mol. The molecule has 1 saturated heterocycles. The van der Waals surface area contributed by atoms with Crippen LogP contribution >= 0.6 is 0 Å². The zero-order valence-corrected chi connectivity index (χ0v) is 13.3. The van der Waals surface area contributed by atoms with Gasteiger partial charge >= 0.3 is 0 Å². The Kier molecular flexibility index (Phi) is 6.24. The van der Waals surface area contributed by atoms with Crippen LogP contribution in [0.3, 0.4) is 0 Å². The topological polar surface area (TPSA) is 32.3 Å². The van der Waals surface area contributed by atoms with Gasteiger partial charge in [0, 0.05) is 25.6 Å². The van der Waals surface area contributed by atoms with Crippen LogP contribution in [0.15, 0.2) is 30.3 Å². The molecule has 1 aromatic rings. The van der Waals surface area contributed by atoms with Gasteiger partial charge in [-0.15, -0.1) is 0 Å². The van der Waals surface area contributed by atoms with E-state index in [0.29, 0.717) is 12.5 Å². The summed E-state index contributed by atoms with van der Waals surface area (Å²) < 4.78 is 0. The molecule has 0 aromatic heterocycles. The Bertz CT molecular complexity index is 424. The van der Waals surface area contributed by atoms with Crippen molar-refractivity contribution in [3.8, 4) is 0 Å². The number of hydrogen-bond donors (Lipinski definition) is 1. The van der Waals surface area contributed by atoms with Crippen LogP contribution < -0.4 is 5.32 Å². The first-order valence-corrected chi connectivity index (χ1v) is 8.25. The van der Waals surface area contributed by atoms with Gasteiger partial charge in [0.1, 0.15) is 0 Å². The third kappa shape index (κ3) is 5.16. The lowest BCUT2D eigenvalue weighted by Crippen LogP contribution is -2.44. The maximum absolute atomic E-state index is 12.2. The highest BCUT2D eigenvalue weighted by Crippen LogP contribution is 2.19. The Morgan fingerprint density at radius 1 is 1.29 bits per heavy atom. The van der Waals surface area contributed by atoms with Crippen molar-refractivity contribution in [2.45, 2.75) is 51.5 Å². The van der Waals surface area contributed by atoms with Crippen LogP contribution in [0.2, 0.25) is 0 Å². The van der Waals surface area contributed by atoms with Crippen molar-refractivity contribution in [3.63, 3.8) is 0 Å². The van der Waals surface area contributed by atoms with Gasteiger partial charge in [0.05, 0.1) is 0 Å². The maximum Gasteiger partial charge on any atom is 0.220 e. The molecule has 0 saturated carbocycles. The summed E-state index contributed by atoms with van der Waals surface area (Å²) in [7, 11) is 0. The van der Waals surface area contributed by atoms with Gasteiger partial charge in [0.2, 0.25) is 5.91 Å². The first-order valence-electron chi connectivity index (χ1n) is 8.25. The fraction of sp³-hybridized carbons (Fsp3) is 0.611. The molecule has 21 heavy (non-hydrogen) atoms. The highest BCUT2D eigenvalue weighted by Gasteiger charge is 2.20. The van der Waals surface area contributed by atoms with Crippen molar-refractivity contribution >= 4 is 5.91 Å². The molecule has 1 heterocycles. The number of likely N-dealkylation sites (tertiary alicyclic amines) is 1. The van der Waals surface area contributed by atoms with Gasteiger partial charge in [-0.25, -0.2) is 0 Å². The summed E-state index contributed by atoms with van der Waals surface area (Å²) in [5.74, 6) is 0.478. The van der Waals surface area contributed by atoms with Crippen LogP contribution in [0.25, 0.3) is 0 Å². The van der Waals surface area contributed by atoms with E-state index in [1.165, 1.54) is 18.5 Å². The lowest BCUT2D eigenvalue weighted by molar-refractivity contribution is -0.122. The molecule has 1 fully saturated rings. The molecule has 0 bridgehead atoms. The summed E-state index contributed by atoms with van der Waals surface area (Å²) in [6.07, 6.45) is 3.97. The smallest absolute Gasteiger partial charge is 0.220 e. The van der Waals surface area contributed by atoms with Gasteiger partial charge in [0.25, 0.3) is 0 Å². The molecule has 116 valence electrons. The second-order valence-corrected chi connectivity index (χ2v) is 6.20. The number of nitrogens with zero attached hydrogens (tertiary/aromatic N) is 1. The lowest BCUT2D eigenvalue weighted by Gasteiger charge is -2.32. The Morgan fingerprint density at radius 2 is 1.95 bits per heavy atom. The lowest BCUT2D eigenvalue weighted by atomic mass is 9.97. The third-order valence-electron chi connectivity index (χ3n) is 4.35. The van der Waals surface area contributed by atoms with Crippen LogP contribution in [0.5, 0.6) is 0 Å². The van der Waals surface area contributed by atoms with Crippen molar-refractivity contribution in [2.24, 2.45) is 0 Å². The monoisotopic (exact) mass is 288 g/mol. The quantitative estimate of drug-likeness (QED) is 0.872. The van der Waals surface area contributed by atoms with E-state index in [-0.39, 0.29) is 11.8 Å². The summed E-state index contributed by atoms with van der Waals surface area (Å²) in [4.78, 5) is 14.7. The number of amides is 1. The van der Waals surface area contributed by atoms with Crippen LogP contribution in [0.1, 0.15) is 51.0 Å². The van der Waals surface area contributed by atoms with Crippen LogP contribution in [-0.2, 0) is 4.79 Å². The van der Waals surface area contributed by atoms with E-state index < -0.39 is 0 Å². The van der Waals surface area contributed by atoms with Crippen molar-refractivity contribution in [1.29, 1.82) is 0 Å². The van der Waals surface area contributed by atoms with Gasteiger partial charge in [-0.05, 0) is 37.3 Å². The summed E-state index contributed by atoms with van der Waals surface area (Å²) in [6.45, 7) is 7.77. The molecule has 1 aliphatic heterocycles. The summed E-state index contributed by atoms with van der Waals surface area (Å²) in [6, 6.07) is 10.6. The molecule has 1 N–H and O–H groups in total. The van der Waals surface area contributed by atoms with Gasteiger partial charge in [-0.1, -0.05) is 44.2 Å². The molecular formula is C18H28N2O. The van der Waals surface area contributed by atoms with Gasteiger partial charge in [-0.2, -0.15) is 0 Å². The minimum atomic E-state index is 0.195. The second-order valence-electron chi connectivity index (χ2n) is 6.20. The van der Waals surface area contributed by atoms with Crippen molar-refractivity contribution < 1.29 is 4.79 Å². The van der Waals surface area contributed by atoms with Crippen molar-refractivity contribution in [2.75, 3.05) is 19.6 Å². The number of carbonyl (C=O) groups excluding carboxylic acids is 1. The number of carbonyl (C=O) groups is 1. The normalized spacial score (nSPS) is 18.4. The molecule has 3 heteroatoms. The number of rotatable bonds is 6. The molecule has 0 radical (unpaired) electrons. The number of piperidine rings is 1. The molecule has 1 amide bonds. The molecular weight excluding hydrogens is 260 g/mol. The van der Waals surface area contributed by atoms with Crippen molar-refractivity contribution in [3.05, 3.63) is 35.9 Å². The summed E-state index contributed by atoms with van der Waals surface area (Å²) >= 11 is 0. The third-order valence-corrected chi connectivity index (χ3v) is 4.35. The zero-order chi connectivity index (χ0) is 15.1. The average Bonchev–Trinajstić information content (AvgIpc) is 2.50. The second kappa shape index (κ2) is 8.18. The predicted molar refractivity (Wildman–Crippen MR) is 87.4 cm³/mol. The van der Waals surface area contributed by atoms with E-state index in [1.807, 2.05) is 18.2 Å². The molecule has 1 unspecified atom stereocenters. The largest absolute Gasteiger partial charge is 0.353 e. The van der Waals surface area contributed by atoms with E-state index in [2.05, 4.69) is 36.2 Å². The van der Waals surface area contributed by atoms with Crippen LogP contribution in [-0.4, -0.2) is 36.5 Å². The van der Waals surface area contributed by atoms with Crippen LogP contribution in [0.4, 0.5) is 0 Å². The molecule has 2 rings (SSSR count). The van der Waals surface area contributed by atoms with Crippen LogP contribution in [0, 0.1) is 0 Å². The van der Waals surface area contributed by atoms with E-state index in [0.717, 1.165) is 25.9 Å². The van der Waals surface area contributed by atoms with Gasteiger partial charge < -0.3 is 10.2 Å². The number of hydrogen-bond acceptors (Lipinski definition) is 2. The first-order chi connectivity index (χ1) is 10.2. The summed E-state index contributed by atoms with van der Waals surface area (Å²) in [5.41, 5.74) is 1.24. The fourth-order valence-corrected chi connectivity index (χ4v) is 3.08. The number of nitrogens with one attached hydrogen (secondary N) is 1. The molecule has 1 aromatic carbocycles. The van der Waals surface area contributed by atoms with E-state index in [9.17, 15) is 4.79 Å². The SMILES string of the molecule is CCCN1CCC(NC(=O)CC(C)c2ccccc2)CC1. The summed E-state index contributed by atoms with van der Waals surface area (Å²) in [5, 5.41) is 3.22. The maximum atomic E-state index is 12.2. The molecule has 3 nitrogen and oxygen atoms in total. The molecule has 0 spiro atoms. The highest BCUT2D eigenvalue weighted by atomic mass is 16.1. The standard InChI is InChI=1S/C18H28N2O/c1-3-11-20-12-9-17(10-13-20)19-18(21)14-15(2)16-7-5-4-6-8-16/h4-8,15,17H,3,9-14H2,1-2H3,(H,19,21). The van der Waals surface area contributed by atoms with E-state index >= 15 is 0 Å². The Balaban J connectivity index is 1.73. The fourth-order valence-electron chi connectivity index (χ4n) is 3.08. The number of benzene rings is 1. The first kappa shape index (κ1) is 16.0. The molecule has 1 atom stereocenters. The van der Waals surface area contributed by atoms with E-state index in [4.69, 9.17) is 0 Å². The molecule has 0 aliphatic carbocycles.